The summed E-state index contributed by atoms with van der Waals surface area (Å²) in [6.45, 7) is 0.934. The highest BCUT2D eigenvalue weighted by atomic mass is 16.6. The third kappa shape index (κ3) is 4.88. The molecule has 1 fully saturated rings. The molecule has 1 atom stereocenters. The summed E-state index contributed by atoms with van der Waals surface area (Å²) in [4.78, 5) is 23.4. The molecule has 128 valence electrons. The van der Waals surface area contributed by atoms with E-state index in [4.69, 9.17) is 19.5 Å². The van der Waals surface area contributed by atoms with E-state index in [0.717, 1.165) is 12.8 Å². The first-order chi connectivity index (χ1) is 11.5. The van der Waals surface area contributed by atoms with E-state index >= 15 is 0 Å². The van der Waals surface area contributed by atoms with Gasteiger partial charge < -0.3 is 19.5 Å². The van der Waals surface area contributed by atoms with Crippen LogP contribution in [-0.4, -0.2) is 37.7 Å². The number of nitrogens with one attached hydrogen (secondary N) is 1. The lowest BCUT2D eigenvalue weighted by atomic mass is 9.98. The molecule has 0 bridgehead atoms. The zero-order chi connectivity index (χ0) is 17.6. The number of esters is 1. The van der Waals surface area contributed by atoms with Crippen LogP contribution in [0, 0.1) is 17.2 Å². The number of carbonyl (C=O) groups is 2. The fourth-order valence-corrected chi connectivity index (χ4v) is 2.21. The summed E-state index contributed by atoms with van der Waals surface area (Å²) in [5.74, 6) is 0.177. The summed E-state index contributed by atoms with van der Waals surface area (Å²) in [5.41, 5.74) is -0.900. The van der Waals surface area contributed by atoms with E-state index < -0.39 is 24.0 Å². The minimum absolute atomic E-state index is 0.167. The summed E-state index contributed by atoms with van der Waals surface area (Å²) >= 11 is 0. The molecule has 1 saturated carbocycles. The SMILES string of the molecule is COc1ccc(OCC(=O)OCC(=O)N[C@](C)(C#N)C2CC2)cc1. The van der Waals surface area contributed by atoms with Crippen molar-refractivity contribution < 1.29 is 23.8 Å². The Labute approximate surface area is 140 Å². The Kier molecular flexibility index (Phi) is 5.64. The maximum atomic E-state index is 11.8. The zero-order valence-electron chi connectivity index (χ0n) is 13.7. The molecule has 0 radical (unpaired) electrons. The highest BCUT2D eigenvalue weighted by molar-refractivity contribution is 5.81. The third-order valence-corrected chi connectivity index (χ3v) is 3.81. The fraction of sp³-hybridized carbons (Fsp3) is 0.471. The van der Waals surface area contributed by atoms with Gasteiger partial charge in [-0.15, -0.1) is 0 Å². The lowest BCUT2D eigenvalue weighted by molar-refractivity contribution is -0.150. The average molecular weight is 332 g/mol. The van der Waals surface area contributed by atoms with Crippen molar-refractivity contribution in [2.75, 3.05) is 20.3 Å². The van der Waals surface area contributed by atoms with E-state index in [0.29, 0.717) is 11.5 Å². The summed E-state index contributed by atoms with van der Waals surface area (Å²) in [6, 6.07) is 8.83. The third-order valence-electron chi connectivity index (χ3n) is 3.81. The highest BCUT2D eigenvalue weighted by Gasteiger charge is 2.43. The number of methoxy groups -OCH3 is 1. The summed E-state index contributed by atoms with van der Waals surface area (Å²) in [6.07, 6.45) is 1.83. The molecule has 0 spiro atoms. The Morgan fingerprint density at radius 2 is 1.88 bits per heavy atom. The zero-order valence-corrected chi connectivity index (χ0v) is 13.7. The average Bonchev–Trinajstić information content (AvgIpc) is 3.44. The monoisotopic (exact) mass is 332 g/mol. The van der Waals surface area contributed by atoms with Gasteiger partial charge in [0.25, 0.3) is 5.91 Å². The highest BCUT2D eigenvalue weighted by Crippen LogP contribution is 2.39. The number of nitrogens with zero attached hydrogens (tertiary/aromatic N) is 1. The van der Waals surface area contributed by atoms with Crippen molar-refractivity contribution in [1.29, 1.82) is 5.26 Å². The standard InChI is InChI=1S/C17H20N2O5/c1-17(11-18,12-3-4-12)19-15(20)9-24-16(21)10-23-14-7-5-13(22-2)6-8-14/h5-8,12H,3-4,9-10H2,1-2H3,(H,19,20)/t17-/m1/s1. The van der Waals surface area contributed by atoms with Gasteiger partial charge in [0.1, 0.15) is 17.0 Å². The molecule has 1 amide bonds. The first kappa shape index (κ1) is 17.6. The van der Waals surface area contributed by atoms with E-state index in [1.807, 2.05) is 0 Å². The van der Waals surface area contributed by atoms with Gasteiger partial charge in [-0.05, 0) is 49.9 Å². The Bertz CT molecular complexity index is 633. The number of amides is 1. The van der Waals surface area contributed by atoms with Crippen LogP contribution in [0.25, 0.3) is 0 Å². The largest absolute Gasteiger partial charge is 0.497 e. The van der Waals surface area contributed by atoms with Gasteiger partial charge in [0, 0.05) is 0 Å². The van der Waals surface area contributed by atoms with Crippen LogP contribution in [0.15, 0.2) is 24.3 Å². The molecular formula is C17H20N2O5. The lowest BCUT2D eigenvalue weighted by Gasteiger charge is -2.22. The van der Waals surface area contributed by atoms with Crippen molar-refractivity contribution in [1.82, 2.24) is 5.32 Å². The molecule has 0 aliphatic heterocycles. The minimum atomic E-state index is -0.900. The summed E-state index contributed by atoms with van der Waals surface area (Å²) in [5, 5.41) is 11.8. The second-order valence-corrected chi connectivity index (χ2v) is 5.76. The molecule has 2 rings (SSSR count). The van der Waals surface area contributed by atoms with Crippen LogP contribution in [0.2, 0.25) is 0 Å². The quantitative estimate of drug-likeness (QED) is 0.723. The van der Waals surface area contributed by atoms with Crippen molar-refractivity contribution in [3.05, 3.63) is 24.3 Å². The molecule has 24 heavy (non-hydrogen) atoms. The molecule has 0 unspecified atom stereocenters. The van der Waals surface area contributed by atoms with Crippen molar-refractivity contribution in [3.8, 4) is 17.6 Å². The van der Waals surface area contributed by atoms with Crippen LogP contribution in [0.5, 0.6) is 11.5 Å². The summed E-state index contributed by atoms with van der Waals surface area (Å²) in [7, 11) is 1.55. The molecule has 1 aliphatic rings. The predicted molar refractivity (Wildman–Crippen MR) is 84.3 cm³/mol. The van der Waals surface area contributed by atoms with Crippen LogP contribution in [0.4, 0.5) is 0 Å². The van der Waals surface area contributed by atoms with Gasteiger partial charge in [0.15, 0.2) is 13.2 Å². The number of benzene rings is 1. The van der Waals surface area contributed by atoms with Crippen molar-refractivity contribution in [2.45, 2.75) is 25.3 Å². The van der Waals surface area contributed by atoms with Gasteiger partial charge in [-0.25, -0.2) is 4.79 Å². The topological polar surface area (TPSA) is 97.7 Å². The van der Waals surface area contributed by atoms with Crippen molar-refractivity contribution >= 4 is 11.9 Å². The van der Waals surface area contributed by atoms with Gasteiger partial charge in [0.2, 0.25) is 0 Å². The molecule has 0 heterocycles. The number of hydrogen-bond donors (Lipinski definition) is 1. The molecule has 1 aliphatic carbocycles. The second kappa shape index (κ2) is 7.68. The maximum Gasteiger partial charge on any atom is 0.344 e. The lowest BCUT2D eigenvalue weighted by Crippen LogP contribution is -2.48. The maximum absolute atomic E-state index is 11.8. The van der Waals surface area contributed by atoms with Gasteiger partial charge in [-0.2, -0.15) is 5.26 Å². The van der Waals surface area contributed by atoms with Crippen molar-refractivity contribution in [3.63, 3.8) is 0 Å². The second-order valence-electron chi connectivity index (χ2n) is 5.76. The van der Waals surface area contributed by atoms with Crippen molar-refractivity contribution in [2.24, 2.45) is 5.92 Å². The fourth-order valence-electron chi connectivity index (χ4n) is 2.21. The molecule has 0 saturated heterocycles. The molecule has 1 aromatic carbocycles. The number of carbonyl (C=O) groups excluding carboxylic acids is 2. The Morgan fingerprint density at radius 3 is 2.42 bits per heavy atom. The van der Waals surface area contributed by atoms with Crippen LogP contribution < -0.4 is 14.8 Å². The van der Waals surface area contributed by atoms with Crippen LogP contribution >= 0.6 is 0 Å². The van der Waals surface area contributed by atoms with Crippen LogP contribution in [0.3, 0.4) is 0 Å². The number of rotatable bonds is 8. The Hall–Kier alpha value is -2.75. The van der Waals surface area contributed by atoms with E-state index in [-0.39, 0.29) is 12.5 Å². The normalized spacial score (nSPS) is 15.5. The van der Waals surface area contributed by atoms with Gasteiger partial charge in [-0.1, -0.05) is 0 Å². The molecule has 0 aromatic heterocycles. The Morgan fingerprint density at radius 1 is 1.25 bits per heavy atom. The molecule has 7 nitrogen and oxygen atoms in total. The van der Waals surface area contributed by atoms with Gasteiger partial charge in [0.05, 0.1) is 13.2 Å². The van der Waals surface area contributed by atoms with Crippen LogP contribution in [-0.2, 0) is 14.3 Å². The smallest absolute Gasteiger partial charge is 0.344 e. The molecule has 1 N–H and O–H groups in total. The van der Waals surface area contributed by atoms with Crippen LogP contribution in [0.1, 0.15) is 19.8 Å². The Balaban J connectivity index is 1.70. The predicted octanol–water partition coefficient (Wildman–Crippen LogP) is 1.43. The molecular weight excluding hydrogens is 312 g/mol. The van der Waals surface area contributed by atoms with Gasteiger partial charge in [-0.3, -0.25) is 4.79 Å². The first-order valence-corrected chi connectivity index (χ1v) is 7.61. The van der Waals surface area contributed by atoms with E-state index in [9.17, 15) is 9.59 Å². The minimum Gasteiger partial charge on any atom is -0.497 e. The molecule has 7 heteroatoms. The summed E-state index contributed by atoms with van der Waals surface area (Å²) < 4.78 is 15.1. The number of ether oxygens (including phenoxy) is 3. The first-order valence-electron chi connectivity index (χ1n) is 7.61. The number of hydrogen-bond acceptors (Lipinski definition) is 6. The van der Waals surface area contributed by atoms with E-state index in [1.54, 1.807) is 38.3 Å². The van der Waals surface area contributed by atoms with Gasteiger partial charge >= 0.3 is 5.97 Å². The molecule has 1 aromatic rings. The van der Waals surface area contributed by atoms with E-state index in [2.05, 4.69) is 11.4 Å². The number of nitriles is 1. The van der Waals surface area contributed by atoms with E-state index in [1.165, 1.54) is 0 Å².